The number of nitrogens with zero attached hydrogens (tertiary/aromatic N) is 4. The lowest BCUT2D eigenvalue weighted by Gasteiger charge is -2.09. The molecule has 0 fully saturated rings. The van der Waals surface area contributed by atoms with Crippen LogP contribution in [0.1, 0.15) is 11.1 Å². The van der Waals surface area contributed by atoms with Crippen molar-refractivity contribution in [3.05, 3.63) is 78.1 Å². The van der Waals surface area contributed by atoms with Crippen molar-refractivity contribution < 1.29 is 17.6 Å². The molecule has 0 aliphatic carbocycles. The molecule has 3 aromatic heterocycles. The molecule has 0 radical (unpaired) electrons. The first-order valence-electron chi connectivity index (χ1n) is 8.00. The maximum Gasteiger partial charge on any atom is 0.416 e. The summed E-state index contributed by atoms with van der Waals surface area (Å²) in [5.74, 6) is -0.572. The van der Waals surface area contributed by atoms with E-state index >= 15 is 0 Å². The van der Waals surface area contributed by atoms with E-state index in [4.69, 9.17) is 0 Å². The summed E-state index contributed by atoms with van der Waals surface area (Å²) in [7, 11) is 0. The smallest absolute Gasteiger partial charge is 0.259 e. The Kier molecular flexibility index (Phi) is 4.10. The van der Waals surface area contributed by atoms with Gasteiger partial charge in [-0.1, -0.05) is 18.2 Å². The first-order chi connectivity index (χ1) is 12.9. The lowest BCUT2D eigenvalue weighted by Crippen LogP contribution is -2.04. The van der Waals surface area contributed by atoms with Crippen molar-refractivity contribution in [2.24, 2.45) is 0 Å². The Morgan fingerprint density at radius 2 is 1.74 bits per heavy atom. The van der Waals surface area contributed by atoms with Gasteiger partial charge in [-0.3, -0.25) is 9.67 Å². The van der Waals surface area contributed by atoms with Crippen molar-refractivity contribution in [3.8, 4) is 11.1 Å². The largest absolute Gasteiger partial charge is 0.416 e. The molecule has 8 heteroatoms. The predicted molar refractivity (Wildman–Crippen MR) is 91.3 cm³/mol. The SMILES string of the molecule is Fc1ccc(Cn2ncc3ncc(-c4cccc(C(F)(F)F)c4)cc32)cn1. The van der Waals surface area contributed by atoms with Crippen LogP contribution >= 0.6 is 0 Å². The first kappa shape index (κ1) is 17.1. The maximum atomic E-state index is 13.0. The number of hydrogen-bond donors (Lipinski definition) is 0. The van der Waals surface area contributed by atoms with Crippen LogP contribution in [-0.2, 0) is 12.7 Å². The number of pyridine rings is 2. The van der Waals surface area contributed by atoms with Crippen molar-refractivity contribution >= 4 is 11.0 Å². The molecule has 4 rings (SSSR count). The minimum absolute atomic E-state index is 0.338. The second-order valence-electron chi connectivity index (χ2n) is 6.00. The van der Waals surface area contributed by atoms with Crippen LogP contribution in [0.3, 0.4) is 0 Å². The fraction of sp³-hybridized carbons (Fsp3) is 0.105. The van der Waals surface area contributed by atoms with Crippen LogP contribution in [-0.4, -0.2) is 19.7 Å². The zero-order valence-electron chi connectivity index (χ0n) is 13.8. The highest BCUT2D eigenvalue weighted by Crippen LogP contribution is 2.32. The van der Waals surface area contributed by atoms with E-state index in [1.54, 1.807) is 29.1 Å². The number of rotatable bonds is 3. The van der Waals surface area contributed by atoms with Crippen LogP contribution in [0.25, 0.3) is 22.2 Å². The molecule has 0 N–H and O–H groups in total. The highest BCUT2D eigenvalue weighted by atomic mass is 19.4. The Labute approximate surface area is 151 Å². The summed E-state index contributed by atoms with van der Waals surface area (Å²) < 4.78 is 53.5. The van der Waals surface area contributed by atoms with Gasteiger partial charge in [0.2, 0.25) is 5.95 Å². The fourth-order valence-corrected chi connectivity index (χ4v) is 2.79. The van der Waals surface area contributed by atoms with E-state index < -0.39 is 17.7 Å². The molecule has 4 aromatic rings. The molecule has 0 atom stereocenters. The number of hydrogen-bond acceptors (Lipinski definition) is 3. The molecule has 0 saturated heterocycles. The van der Waals surface area contributed by atoms with E-state index in [9.17, 15) is 17.6 Å². The van der Waals surface area contributed by atoms with Gasteiger partial charge in [0, 0.05) is 18.0 Å². The number of aromatic nitrogens is 4. The maximum absolute atomic E-state index is 13.0. The van der Waals surface area contributed by atoms with Gasteiger partial charge in [-0.05, 0) is 35.4 Å². The van der Waals surface area contributed by atoms with Gasteiger partial charge < -0.3 is 0 Å². The molecule has 0 bridgehead atoms. The third-order valence-corrected chi connectivity index (χ3v) is 4.14. The van der Waals surface area contributed by atoms with Gasteiger partial charge in [0.1, 0.15) is 5.52 Å². The lowest BCUT2D eigenvalue weighted by molar-refractivity contribution is -0.137. The fourth-order valence-electron chi connectivity index (χ4n) is 2.79. The lowest BCUT2D eigenvalue weighted by atomic mass is 10.0. The number of benzene rings is 1. The molecule has 0 amide bonds. The van der Waals surface area contributed by atoms with Gasteiger partial charge in [0.05, 0.1) is 23.8 Å². The van der Waals surface area contributed by atoms with Gasteiger partial charge in [-0.25, -0.2) is 4.98 Å². The summed E-state index contributed by atoms with van der Waals surface area (Å²) >= 11 is 0. The molecule has 0 unspecified atom stereocenters. The summed E-state index contributed by atoms with van der Waals surface area (Å²) in [4.78, 5) is 7.89. The van der Waals surface area contributed by atoms with E-state index in [-0.39, 0.29) is 0 Å². The molecule has 1 aromatic carbocycles. The number of alkyl halides is 3. The Morgan fingerprint density at radius 3 is 2.48 bits per heavy atom. The van der Waals surface area contributed by atoms with Crippen LogP contribution in [0.2, 0.25) is 0 Å². The van der Waals surface area contributed by atoms with Crippen LogP contribution in [0.5, 0.6) is 0 Å². The summed E-state index contributed by atoms with van der Waals surface area (Å²) in [6.07, 6.45) is 0.0866. The number of halogens is 4. The van der Waals surface area contributed by atoms with Gasteiger partial charge in [-0.15, -0.1) is 0 Å². The molecule has 27 heavy (non-hydrogen) atoms. The van der Waals surface area contributed by atoms with E-state index in [1.807, 2.05) is 0 Å². The van der Waals surface area contributed by atoms with Gasteiger partial charge in [0.15, 0.2) is 0 Å². The van der Waals surface area contributed by atoms with E-state index in [2.05, 4.69) is 15.1 Å². The van der Waals surface area contributed by atoms with E-state index in [0.29, 0.717) is 28.7 Å². The Balaban J connectivity index is 1.73. The van der Waals surface area contributed by atoms with Gasteiger partial charge in [-0.2, -0.15) is 22.7 Å². The summed E-state index contributed by atoms with van der Waals surface area (Å²) in [6, 6.07) is 9.68. The van der Waals surface area contributed by atoms with Gasteiger partial charge >= 0.3 is 6.18 Å². The molecule has 3 heterocycles. The molecule has 0 saturated carbocycles. The van der Waals surface area contributed by atoms with Crippen LogP contribution < -0.4 is 0 Å². The van der Waals surface area contributed by atoms with Crippen LogP contribution in [0.15, 0.2) is 61.1 Å². The Morgan fingerprint density at radius 1 is 0.889 bits per heavy atom. The highest BCUT2D eigenvalue weighted by molar-refractivity contribution is 5.80. The minimum Gasteiger partial charge on any atom is -0.259 e. The normalized spacial score (nSPS) is 11.9. The summed E-state index contributed by atoms with van der Waals surface area (Å²) in [5.41, 5.74) is 2.26. The van der Waals surface area contributed by atoms with Crippen molar-refractivity contribution in [2.75, 3.05) is 0 Å². The van der Waals surface area contributed by atoms with Crippen LogP contribution in [0.4, 0.5) is 17.6 Å². The van der Waals surface area contributed by atoms with E-state index in [0.717, 1.165) is 17.7 Å². The molecule has 136 valence electrons. The number of fused-ring (bicyclic) bond motifs is 1. The highest BCUT2D eigenvalue weighted by Gasteiger charge is 2.30. The van der Waals surface area contributed by atoms with Crippen molar-refractivity contribution in [1.29, 1.82) is 0 Å². The monoisotopic (exact) mass is 372 g/mol. The average molecular weight is 372 g/mol. The van der Waals surface area contributed by atoms with Crippen molar-refractivity contribution in [1.82, 2.24) is 19.7 Å². The average Bonchev–Trinajstić information content (AvgIpc) is 3.05. The third-order valence-electron chi connectivity index (χ3n) is 4.14. The third kappa shape index (κ3) is 3.51. The second kappa shape index (κ2) is 6.46. The molecule has 0 spiro atoms. The zero-order valence-corrected chi connectivity index (χ0v) is 13.8. The zero-order chi connectivity index (χ0) is 19.0. The predicted octanol–water partition coefficient (Wildman–Crippen LogP) is 4.70. The Bertz CT molecular complexity index is 1100. The standard InChI is InChI=1S/C19H12F4N4/c20-18-5-4-12(8-25-18)11-27-17-7-14(9-24-16(17)10-26-27)13-2-1-3-15(6-13)19(21,22)23/h1-10H,11H2. The molecular formula is C19H12F4N4. The minimum atomic E-state index is -4.41. The second-order valence-corrected chi connectivity index (χ2v) is 6.00. The topological polar surface area (TPSA) is 43.6 Å². The first-order valence-corrected chi connectivity index (χ1v) is 8.00. The quantitative estimate of drug-likeness (QED) is 0.387. The Hall–Kier alpha value is -3.29. The molecular weight excluding hydrogens is 360 g/mol. The van der Waals surface area contributed by atoms with Gasteiger partial charge in [0.25, 0.3) is 0 Å². The molecule has 0 aliphatic rings. The summed E-state index contributed by atoms with van der Waals surface area (Å²) in [6.45, 7) is 0.338. The summed E-state index contributed by atoms with van der Waals surface area (Å²) in [5, 5.41) is 4.26. The molecule has 4 nitrogen and oxygen atoms in total. The van der Waals surface area contributed by atoms with Crippen molar-refractivity contribution in [3.63, 3.8) is 0 Å². The van der Waals surface area contributed by atoms with E-state index in [1.165, 1.54) is 24.5 Å². The van der Waals surface area contributed by atoms with Crippen LogP contribution in [0, 0.1) is 5.95 Å². The van der Waals surface area contributed by atoms with Crippen molar-refractivity contribution in [2.45, 2.75) is 12.7 Å². The molecule has 0 aliphatic heterocycles.